The number of piperazine rings is 1. The molecule has 0 saturated carbocycles. The number of hydrogen-bond acceptors (Lipinski definition) is 8. The van der Waals surface area contributed by atoms with Gasteiger partial charge in [0, 0.05) is 63.1 Å². The van der Waals surface area contributed by atoms with Crippen molar-refractivity contribution in [3.63, 3.8) is 0 Å². The Bertz CT molecular complexity index is 1560. The molecule has 0 bridgehead atoms. The number of nitrogens with zero attached hydrogens (tertiary/aromatic N) is 6. The fraction of sp³-hybridized carbons (Fsp3) is 0.410. The van der Waals surface area contributed by atoms with E-state index in [9.17, 15) is 4.79 Å². The first-order valence-electron chi connectivity index (χ1n) is 17.2. The quantitative estimate of drug-likeness (QED) is 0.148. The van der Waals surface area contributed by atoms with Crippen LogP contribution in [0.1, 0.15) is 50.8 Å². The van der Waals surface area contributed by atoms with E-state index in [2.05, 4.69) is 47.4 Å². The van der Waals surface area contributed by atoms with Gasteiger partial charge < -0.3 is 29.5 Å². The average molecular weight is 670 g/mol. The number of methoxy groups -OCH3 is 1. The number of ether oxygens (including phenoxy) is 2. The van der Waals surface area contributed by atoms with Crippen LogP contribution in [0.2, 0.25) is 0 Å². The minimum atomic E-state index is 0.0522. The Balaban J connectivity index is 0.00000319. The van der Waals surface area contributed by atoms with Crippen LogP contribution in [0.5, 0.6) is 11.5 Å². The average Bonchev–Trinajstić information content (AvgIpc) is 3.10. The highest BCUT2D eigenvalue weighted by Crippen LogP contribution is 2.36. The van der Waals surface area contributed by atoms with E-state index >= 15 is 0 Å². The Labute approximate surface area is 293 Å². The molecule has 0 radical (unpaired) electrons. The predicted molar refractivity (Wildman–Crippen MR) is 205 cm³/mol. The zero-order chi connectivity index (χ0) is 35.8. The topological polar surface area (TPSA) is 85.2 Å². The first-order chi connectivity index (χ1) is 23.7. The lowest BCUT2D eigenvalue weighted by atomic mass is 10.0. The lowest BCUT2D eigenvalue weighted by Crippen LogP contribution is -2.48. The number of carbonyl (C=O) groups is 1. The summed E-state index contributed by atoms with van der Waals surface area (Å²) >= 11 is 0. The van der Waals surface area contributed by atoms with Crippen molar-refractivity contribution in [2.45, 2.75) is 48.0 Å². The van der Waals surface area contributed by atoms with Gasteiger partial charge in [0.2, 0.25) is 5.91 Å². The Hall–Kier alpha value is -4.83. The first kappa shape index (κ1) is 38.6. The second-order valence-electron chi connectivity index (χ2n) is 11.7. The lowest BCUT2D eigenvalue weighted by Gasteiger charge is -2.36. The van der Waals surface area contributed by atoms with E-state index < -0.39 is 0 Å². The maximum absolute atomic E-state index is 12.7. The van der Waals surface area contributed by atoms with Crippen LogP contribution < -0.4 is 19.7 Å². The highest BCUT2D eigenvalue weighted by molar-refractivity contribution is 6.12. The van der Waals surface area contributed by atoms with Gasteiger partial charge in [0.1, 0.15) is 17.3 Å². The van der Waals surface area contributed by atoms with E-state index in [-0.39, 0.29) is 5.91 Å². The molecule has 2 aromatic carbocycles. The molecule has 10 heteroatoms. The van der Waals surface area contributed by atoms with Gasteiger partial charge in [-0.3, -0.25) is 9.80 Å². The van der Waals surface area contributed by atoms with Crippen LogP contribution in [0.25, 0.3) is 0 Å². The van der Waals surface area contributed by atoms with Crippen LogP contribution >= 0.6 is 0 Å². The largest absolute Gasteiger partial charge is 0.494 e. The molecule has 1 fully saturated rings. The van der Waals surface area contributed by atoms with Crippen molar-refractivity contribution < 1.29 is 14.3 Å². The molecule has 0 atom stereocenters. The summed E-state index contributed by atoms with van der Waals surface area (Å²) in [6.45, 7) is 16.2. The fourth-order valence-corrected chi connectivity index (χ4v) is 5.34. The standard InChI is InChI=1S/C37H49N7O3.C2H6/c1-8-10-19-38-37(40-30-14-16-33(29(4)27-30)47-31-17-21-44(22-18-31)39-9-2)35-28(3)13-15-32(36(35)46-7)42-23-25-43(26-24-42)34(45)12-11-20-41(5)6;1-2/h9-19,21,27H,8,20,22-26H2,1-7H3,(H,38,40);1-2H3/b12-11+,19-10+,39-9-;. The zero-order valence-corrected chi connectivity index (χ0v) is 30.9. The molecule has 264 valence electrons. The maximum atomic E-state index is 12.7. The monoisotopic (exact) mass is 669 g/mol. The Morgan fingerprint density at radius 2 is 1.80 bits per heavy atom. The van der Waals surface area contributed by atoms with E-state index in [1.807, 2.05) is 105 Å². The van der Waals surface area contributed by atoms with Crippen molar-refractivity contribution in [3.8, 4) is 11.5 Å². The molecule has 4 rings (SSSR count). The minimum Gasteiger partial charge on any atom is -0.494 e. The third-order valence-corrected chi connectivity index (χ3v) is 7.81. The van der Waals surface area contributed by atoms with E-state index in [1.54, 1.807) is 19.4 Å². The van der Waals surface area contributed by atoms with Gasteiger partial charge in [-0.2, -0.15) is 5.10 Å². The molecule has 2 aliphatic heterocycles. The summed E-state index contributed by atoms with van der Waals surface area (Å²) in [5.74, 6) is 3.06. The van der Waals surface area contributed by atoms with Crippen LogP contribution in [0.3, 0.4) is 0 Å². The summed E-state index contributed by atoms with van der Waals surface area (Å²) in [5, 5.41) is 9.69. The summed E-state index contributed by atoms with van der Waals surface area (Å²) in [7, 11) is 5.68. The molecule has 49 heavy (non-hydrogen) atoms. The van der Waals surface area contributed by atoms with Crippen molar-refractivity contribution in [1.29, 1.82) is 0 Å². The van der Waals surface area contributed by atoms with E-state index in [1.165, 1.54) is 0 Å². The maximum Gasteiger partial charge on any atom is 0.246 e. The third kappa shape index (κ3) is 11.1. The van der Waals surface area contributed by atoms with Crippen molar-refractivity contribution in [3.05, 3.63) is 95.6 Å². The van der Waals surface area contributed by atoms with Crippen LogP contribution in [0, 0.1) is 13.8 Å². The van der Waals surface area contributed by atoms with Gasteiger partial charge in [-0.05, 0) is 88.8 Å². The van der Waals surface area contributed by atoms with Crippen LogP contribution in [-0.4, -0.2) is 93.2 Å². The fourth-order valence-electron chi connectivity index (χ4n) is 5.34. The van der Waals surface area contributed by atoms with Gasteiger partial charge in [0.15, 0.2) is 5.75 Å². The van der Waals surface area contributed by atoms with Gasteiger partial charge in [0.25, 0.3) is 0 Å². The van der Waals surface area contributed by atoms with E-state index in [4.69, 9.17) is 14.5 Å². The number of likely N-dealkylation sites (N-methyl/N-ethyl adjacent to an activating group) is 1. The number of allylic oxidation sites excluding steroid dienone is 2. The van der Waals surface area contributed by atoms with Gasteiger partial charge >= 0.3 is 0 Å². The molecule has 2 aromatic rings. The molecule has 1 amide bonds. The van der Waals surface area contributed by atoms with Gasteiger partial charge in [-0.15, -0.1) is 0 Å². The molecule has 2 heterocycles. The minimum absolute atomic E-state index is 0.0522. The number of rotatable bonds is 12. The number of amides is 1. The van der Waals surface area contributed by atoms with Crippen molar-refractivity contribution in [1.82, 2.24) is 14.8 Å². The number of carbonyl (C=O) groups excluding carboxylic acids is 1. The molecular formula is C39H55N7O3. The van der Waals surface area contributed by atoms with Gasteiger partial charge in [0.05, 0.1) is 24.9 Å². The zero-order valence-electron chi connectivity index (χ0n) is 30.9. The SMILES string of the molecule is C/C=N\N1C=CC(Oc2ccc(NC(=N/C=C/CC)c3c(C)ccc(N4CCN(C(=O)/C=C/CN(C)C)CC4)c3OC)cc2C)=CC1.CC. The number of aliphatic imine (C=N–C) groups is 1. The number of anilines is 2. The normalized spacial score (nSPS) is 15.3. The van der Waals surface area contributed by atoms with Crippen LogP contribution in [0.15, 0.2) is 89.0 Å². The molecule has 2 aliphatic rings. The van der Waals surface area contributed by atoms with Crippen LogP contribution in [-0.2, 0) is 4.79 Å². The molecule has 10 nitrogen and oxygen atoms in total. The second kappa shape index (κ2) is 19.9. The predicted octanol–water partition coefficient (Wildman–Crippen LogP) is 6.98. The Morgan fingerprint density at radius 3 is 2.41 bits per heavy atom. The molecule has 0 spiro atoms. The van der Waals surface area contributed by atoms with Crippen molar-refractivity contribution in [2.24, 2.45) is 10.1 Å². The van der Waals surface area contributed by atoms with Crippen LogP contribution in [0.4, 0.5) is 11.4 Å². The summed E-state index contributed by atoms with van der Waals surface area (Å²) in [6, 6.07) is 10.2. The van der Waals surface area contributed by atoms with Gasteiger partial charge in [-0.25, -0.2) is 4.99 Å². The first-order valence-corrected chi connectivity index (χ1v) is 17.2. The van der Waals surface area contributed by atoms with Crippen molar-refractivity contribution >= 4 is 29.3 Å². The Kier molecular flexibility index (Phi) is 15.7. The number of amidine groups is 1. The number of benzene rings is 2. The molecule has 1 N–H and O–H groups in total. The third-order valence-electron chi connectivity index (χ3n) is 7.81. The number of nitrogens with one attached hydrogen (secondary N) is 1. The summed E-state index contributed by atoms with van der Waals surface area (Å²) in [4.78, 5) is 23.8. The summed E-state index contributed by atoms with van der Waals surface area (Å²) < 4.78 is 12.3. The molecule has 0 unspecified atom stereocenters. The number of aryl methyl sites for hydroxylation is 2. The summed E-state index contributed by atoms with van der Waals surface area (Å²) in [6.07, 6.45) is 15.9. The van der Waals surface area contributed by atoms with E-state index in [0.29, 0.717) is 38.6 Å². The molecule has 0 aliphatic carbocycles. The number of hydrazone groups is 1. The molecule has 1 saturated heterocycles. The second-order valence-corrected chi connectivity index (χ2v) is 11.7. The molecular weight excluding hydrogens is 614 g/mol. The Morgan fingerprint density at radius 1 is 1.04 bits per heavy atom. The smallest absolute Gasteiger partial charge is 0.246 e. The van der Waals surface area contributed by atoms with E-state index in [0.717, 1.165) is 58.3 Å². The summed E-state index contributed by atoms with van der Waals surface area (Å²) in [5.41, 5.74) is 4.79. The van der Waals surface area contributed by atoms with Gasteiger partial charge in [-0.1, -0.05) is 39.0 Å². The number of hydrogen-bond donors (Lipinski definition) is 1. The molecule has 0 aromatic heterocycles. The highest BCUT2D eigenvalue weighted by Gasteiger charge is 2.25. The van der Waals surface area contributed by atoms with Crippen molar-refractivity contribution in [2.75, 3.05) is 70.7 Å². The lowest BCUT2D eigenvalue weighted by molar-refractivity contribution is -0.126. The highest BCUT2D eigenvalue weighted by atomic mass is 16.5.